The van der Waals surface area contributed by atoms with E-state index in [1.54, 1.807) is 0 Å². The molecule has 0 aliphatic rings. The fourth-order valence-corrected chi connectivity index (χ4v) is 1.58. The van der Waals surface area contributed by atoms with Gasteiger partial charge in [-0.15, -0.1) is 0 Å². The quantitative estimate of drug-likeness (QED) is 0.644. The zero-order valence-corrected chi connectivity index (χ0v) is 10.0. The molecule has 0 amide bonds. The number of nitro benzene ring substituents is 1. The number of pyridine rings is 1. The highest BCUT2D eigenvalue weighted by molar-refractivity contribution is 5.76. The van der Waals surface area contributed by atoms with Gasteiger partial charge in [0, 0.05) is 24.0 Å². The van der Waals surface area contributed by atoms with Crippen molar-refractivity contribution < 1.29 is 9.85 Å². The van der Waals surface area contributed by atoms with Crippen LogP contribution in [0.25, 0.3) is 0 Å². The maximum Gasteiger partial charge on any atom is 0.334 e. The van der Waals surface area contributed by atoms with Gasteiger partial charge in [0.15, 0.2) is 0 Å². The Labute approximate surface area is 112 Å². The first kappa shape index (κ1) is 13.2. The lowest BCUT2D eigenvalue weighted by molar-refractivity contribution is -0.384. The van der Waals surface area contributed by atoms with Gasteiger partial charge in [0.2, 0.25) is 5.82 Å². The Morgan fingerprint density at radius 3 is 2.25 bits per heavy atom. The maximum absolute atomic E-state index is 10.9. The Bertz CT molecular complexity index is 671. The molecule has 2 rings (SSSR count). The smallest absolute Gasteiger partial charge is 0.334 e. The minimum absolute atomic E-state index is 0.0701. The number of benzene rings is 1. The van der Waals surface area contributed by atoms with Gasteiger partial charge in [0.05, 0.1) is 9.85 Å². The van der Waals surface area contributed by atoms with Crippen molar-refractivity contribution in [1.29, 1.82) is 0 Å². The van der Waals surface area contributed by atoms with Gasteiger partial charge in [0.25, 0.3) is 5.69 Å². The van der Waals surface area contributed by atoms with E-state index in [4.69, 9.17) is 5.73 Å². The van der Waals surface area contributed by atoms with Crippen LogP contribution in [0.4, 0.5) is 28.6 Å². The largest absolute Gasteiger partial charge is 0.378 e. The van der Waals surface area contributed by atoms with Crippen LogP contribution in [0.15, 0.2) is 36.5 Å². The molecule has 3 N–H and O–H groups in total. The Hall–Kier alpha value is -3.23. The number of anilines is 3. The summed E-state index contributed by atoms with van der Waals surface area (Å²) < 4.78 is 0. The van der Waals surface area contributed by atoms with Gasteiger partial charge >= 0.3 is 5.69 Å². The Morgan fingerprint density at radius 1 is 1.05 bits per heavy atom. The molecule has 0 radical (unpaired) electrons. The number of hydrogen-bond donors (Lipinski definition) is 2. The van der Waals surface area contributed by atoms with Crippen LogP contribution in [0.3, 0.4) is 0 Å². The zero-order chi connectivity index (χ0) is 14.7. The third kappa shape index (κ3) is 2.61. The number of nitrogen functional groups attached to an aromatic ring is 1. The molecule has 0 atom stereocenters. The minimum Gasteiger partial charge on any atom is -0.378 e. The second-order valence-corrected chi connectivity index (χ2v) is 3.78. The molecule has 2 aromatic rings. The standard InChI is InChI=1S/C11H9N5O4/c12-11-10(16(19)20)9(5-6-13-11)14-7-1-3-8(4-2-7)15(17)18/h1-6H,(H3,12,13,14). The van der Waals surface area contributed by atoms with Gasteiger partial charge in [-0.05, 0) is 18.2 Å². The van der Waals surface area contributed by atoms with E-state index >= 15 is 0 Å². The summed E-state index contributed by atoms with van der Waals surface area (Å²) >= 11 is 0. The van der Waals surface area contributed by atoms with Crippen LogP contribution in [0.5, 0.6) is 0 Å². The Kier molecular flexibility index (Phi) is 3.42. The Balaban J connectivity index is 2.33. The summed E-state index contributed by atoms with van der Waals surface area (Å²) in [7, 11) is 0. The summed E-state index contributed by atoms with van der Waals surface area (Å²) in [6.07, 6.45) is 1.33. The van der Waals surface area contributed by atoms with Crippen molar-refractivity contribution in [3.05, 3.63) is 56.8 Å². The molecule has 9 heteroatoms. The number of nitrogens with two attached hydrogens (primary N) is 1. The van der Waals surface area contributed by atoms with E-state index < -0.39 is 9.85 Å². The second-order valence-electron chi connectivity index (χ2n) is 3.78. The molecule has 0 spiro atoms. The van der Waals surface area contributed by atoms with Crippen molar-refractivity contribution in [2.24, 2.45) is 0 Å². The van der Waals surface area contributed by atoms with Crippen LogP contribution in [0, 0.1) is 20.2 Å². The third-order valence-corrected chi connectivity index (χ3v) is 2.49. The predicted octanol–water partition coefficient (Wildman–Crippen LogP) is 2.22. The van der Waals surface area contributed by atoms with E-state index in [2.05, 4.69) is 10.3 Å². The highest BCUT2D eigenvalue weighted by Gasteiger charge is 2.19. The molecule has 9 nitrogen and oxygen atoms in total. The normalized spacial score (nSPS) is 10.0. The lowest BCUT2D eigenvalue weighted by Gasteiger charge is -2.07. The Morgan fingerprint density at radius 2 is 1.70 bits per heavy atom. The van der Waals surface area contributed by atoms with Crippen molar-refractivity contribution in [1.82, 2.24) is 4.98 Å². The molecular weight excluding hydrogens is 266 g/mol. The molecule has 0 aliphatic heterocycles. The zero-order valence-electron chi connectivity index (χ0n) is 10.0. The molecule has 20 heavy (non-hydrogen) atoms. The molecule has 0 aliphatic carbocycles. The van der Waals surface area contributed by atoms with E-state index in [-0.39, 0.29) is 22.9 Å². The molecule has 1 heterocycles. The average molecular weight is 275 g/mol. The van der Waals surface area contributed by atoms with Gasteiger partial charge < -0.3 is 11.1 Å². The molecule has 1 aromatic heterocycles. The molecule has 0 bridgehead atoms. The lowest BCUT2D eigenvalue weighted by atomic mass is 10.2. The van der Waals surface area contributed by atoms with Gasteiger partial charge in [-0.2, -0.15) is 0 Å². The van der Waals surface area contributed by atoms with Crippen LogP contribution in [-0.4, -0.2) is 14.8 Å². The summed E-state index contributed by atoms with van der Waals surface area (Å²) in [6, 6.07) is 6.87. The molecule has 1 aromatic carbocycles. The van der Waals surface area contributed by atoms with E-state index in [0.717, 1.165) is 0 Å². The van der Waals surface area contributed by atoms with E-state index in [1.165, 1.54) is 36.5 Å². The fraction of sp³-hybridized carbons (Fsp3) is 0. The first-order valence-electron chi connectivity index (χ1n) is 5.39. The maximum atomic E-state index is 10.9. The van der Waals surface area contributed by atoms with E-state index in [9.17, 15) is 20.2 Å². The number of nitrogens with one attached hydrogen (secondary N) is 1. The summed E-state index contributed by atoms with van der Waals surface area (Å²) in [5, 5.41) is 24.2. The highest BCUT2D eigenvalue weighted by Crippen LogP contribution is 2.31. The van der Waals surface area contributed by atoms with Crippen LogP contribution in [0.2, 0.25) is 0 Å². The molecule has 0 fully saturated rings. The van der Waals surface area contributed by atoms with Crippen molar-refractivity contribution in [2.75, 3.05) is 11.1 Å². The van der Waals surface area contributed by atoms with Gasteiger partial charge in [-0.1, -0.05) is 0 Å². The van der Waals surface area contributed by atoms with Crippen LogP contribution < -0.4 is 11.1 Å². The summed E-state index contributed by atoms with van der Waals surface area (Å²) in [5.41, 5.74) is 5.67. The molecule has 0 unspecified atom stereocenters. The monoisotopic (exact) mass is 275 g/mol. The molecule has 0 saturated heterocycles. The summed E-state index contributed by atoms with van der Waals surface area (Å²) in [4.78, 5) is 23.9. The number of nitrogens with zero attached hydrogens (tertiary/aromatic N) is 3. The molecule has 102 valence electrons. The number of non-ortho nitro benzene ring substituents is 1. The van der Waals surface area contributed by atoms with E-state index in [1.807, 2.05) is 0 Å². The first-order chi connectivity index (χ1) is 9.49. The van der Waals surface area contributed by atoms with Crippen molar-refractivity contribution in [3.8, 4) is 0 Å². The number of aromatic nitrogens is 1. The fourth-order valence-electron chi connectivity index (χ4n) is 1.58. The third-order valence-electron chi connectivity index (χ3n) is 2.49. The molecular formula is C11H9N5O4. The van der Waals surface area contributed by atoms with Gasteiger partial charge in [0.1, 0.15) is 5.69 Å². The van der Waals surface area contributed by atoms with E-state index in [0.29, 0.717) is 5.69 Å². The summed E-state index contributed by atoms with van der Waals surface area (Å²) in [6.45, 7) is 0. The number of hydrogen-bond acceptors (Lipinski definition) is 7. The lowest BCUT2D eigenvalue weighted by Crippen LogP contribution is -2.02. The molecule has 0 saturated carbocycles. The average Bonchev–Trinajstić information content (AvgIpc) is 2.39. The van der Waals surface area contributed by atoms with Crippen LogP contribution in [-0.2, 0) is 0 Å². The van der Waals surface area contributed by atoms with Gasteiger partial charge in [-0.25, -0.2) is 4.98 Å². The van der Waals surface area contributed by atoms with Crippen LogP contribution in [0.1, 0.15) is 0 Å². The van der Waals surface area contributed by atoms with Crippen molar-refractivity contribution in [2.45, 2.75) is 0 Å². The second kappa shape index (κ2) is 5.18. The first-order valence-corrected chi connectivity index (χ1v) is 5.39. The SMILES string of the molecule is Nc1nccc(Nc2ccc([N+](=O)[O-])cc2)c1[N+](=O)[O-]. The summed E-state index contributed by atoms with van der Waals surface area (Å²) in [5.74, 6) is -0.207. The number of rotatable bonds is 4. The highest BCUT2D eigenvalue weighted by atomic mass is 16.6. The minimum atomic E-state index is -0.643. The predicted molar refractivity (Wildman–Crippen MR) is 71.7 cm³/mol. The van der Waals surface area contributed by atoms with Crippen molar-refractivity contribution in [3.63, 3.8) is 0 Å². The van der Waals surface area contributed by atoms with Crippen molar-refractivity contribution >= 4 is 28.6 Å². The van der Waals surface area contributed by atoms with Gasteiger partial charge in [-0.3, -0.25) is 20.2 Å². The van der Waals surface area contributed by atoms with Crippen LogP contribution >= 0.6 is 0 Å². The topological polar surface area (TPSA) is 137 Å². The number of nitro groups is 2.